The molecule has 0 bridgehead atoms. The van der Waals surface area contributed by atoms with E-state index in [1.54, 1.807) is 24.3 Å². The van der Waals surface area contributed by atoms with Crippen LogP contribution in [0.1, 0.15) is 36.8 Å². The van der Waals surface area contributed by atoms with Crippen molar-refractivity contribution in [3.8, 4) is 11.6 Å². The largest absolute Gasteiger partial charge is 0.438 e. The Morgan fingerprint density at radius 3 is 2.42 bits per heavy atom. The average molecular weight is 495 g/mol. The van der Waals surface area contributed by atoms with Gasteiger partial charge in [-0.25, -0.2) is 9.97 Å². The number of alkyl halides is 3. The first-order valence-electron chi connectivity index (χ1n) is 11.9. The molecular weight excluding hydrogens is 469 g/mol. The Balaban J connectivity index is 1.21. The van der Waals surface area contributed by atoms with Crippen molar-refractivity contribution >= 4 is 22.6 Å². The third kappa shape index (κ3) is 5.50. The van der Waals surface area contributed by atoms with Crippen molar-refractivity contribution in [2.75, 3.05) is 5.32 Å². The number of fused-ring (bicyclic) bond motifs is 1. The number of rotatable bonds is 7. The Bertz CT molecular complexity index is 1340. The van der Waals surface area contributed by atoms with Gasteiger partial charge in [0.05, 0.1) is 17.4 Å². The summed E-state index contributed by atoms with van der Waals surface area (Å²) < 4.78 is 46.2. The third-order valence-electron chi connectivity index (χ3n) is 6.45. The predicted octanol–water partition coefficient (Wildman–Crippen LogP) is 6.61. The molecule has 0 atom stereocenters. The van der Waals surface area contributed by atoms with Gasteiger partial charge < -0.3 is 14.6 Å². The van der Waals surface area contributed by atoms with Gasteiger partial charge in [0.2, 0.25) is 11.8 Å². The molecule has 186 valence electrons. The fourth-order valence-electron chi connectivity index (χ4n) is 4.60. The number of nitrogens with zero attached hydrogens (tertiary/aromatic N) is 3. The maximum Gasteiger partial charge on any atom is 0.416 e. The quantitative estimate of drug-likeness (QED) is 0.314. The van der Waals surface area contributed by atoms with Gasteiger partial charge in [0.15, 0.2) is 0 Å². The number of nitrogens with one attached hydrogen (secondary N) is 1. The van der Waals surface area contributed by atoms with E-state index in [2.05, 4.69) is 19.9 Å². The maximum absolute atomic E-state index is 12.7. The standard InChI is InChI=1S/C27H25F3N4O2/c28-27(29,30)20-7-5-18(6-8-20)15-24(35)33-21-9-11-22(12-10-21)36-26-23-13-14-34(25(23)31-17-32-26)16-19-3-1-2-4-19/h5-14,17,19H,1-4,15-16H2,(H,33,35). The summed E-state index contributed by atoms with van der Waals surface area (Å²) in [6, 6.07) is 13.4. The number of benzene rings is 2. The van der Waals surface area contributed by atoms with Gasteiger partial charge in [-0.3, -0.25) is 4.79 Å². The summed E-state index contributed by atoms with van der Waals surface area (Å²) in [5, 5.41) is 3.59. The van der Waals surface area contributed by atoms with Crippen LogP contribution in [-0.4, -0.2) is 20.4 Å². The second-order valence-corrected chi connectivity index (χ2v) is 9.08. The second-order valence-electron chi connectivity index (χ2n) is 9.08. The Hall–Kier alpha value is -3.88. The number of aromatic nitrogens is 3. The fourth-order valence-corrected chi connectivity index (χ4v) is 4.60. The molecular formula is C27H25F3N4O2. The highest BCUT2D eigenvalue weighted by Crippen LogP contribution is 2.31. The zero-order valence-electron chi connectivity index (χ0n) is 19.5. The van der Waals surface area contributed by atoms with Gasteiger partial charge in [0.1, 0.15) is 17.7 Å². The molecule has 1 aliphatic carbocycles. The van der Waals surface area contributed by atoms with Crippen LogP contribution in [-0.2, 0) is 23.9 Å². The molecule has 36 heavy (non-hydrogen) atoms. The van der Waals surface area contributed by atoms with Gasteiger partial charge in [0.25, 0.3) is 0 Å². The number of hydrogen-bond acceptors (Lipinski definition) is 4. The van der Waals surface area contributed by atoms with E-state index >= 15 is 0 Å². The Kier molecular flexibility index (Phi) is 6.63. The van der Waals surface area contributed by atoms with Gasteiger partial charge in [0, 0.05) is 18.4 Å². The molecule has 2 aromatic carbocycles. The molecule has 2 heterocycles. The molecule has 2 aromatic heterocycles. The molecule has 0 radical (unpaired) electrons. The normalized spacial score (nSPS) is 14.3. The lowest BCUT2D eigenvalue weighted by Crippen LogP contribution is -2.14. The molecule has 1 aliphatic rings. The Morgan fingerprint density at radius 2 is 1.72 bits per heavy atom. The van der Waals surface area contributed by atoms with Crippen LogP contribution in [0.15, 0.2) is 67.1 Å². The van der Waals surface area contributed by atoms with Gasteiger partial charge in [-0.1, -0.05) is 25.0 Å². The molecule has 9 heteroatoms. The molecule has 6 nitrogen and oxygen atoms in total. The Morgan fingerprint density at radius 1 is 1.00 bits per heavy atom. The predicted molar refractivity (Wildman–Crippen MR) is 130 cm³/mol. The van der Waals surface area contributed by atoms with Crippen molar-refractivity contribution < 1.29 is 22.7 Å². The topological polar surface area (TPSA) is 69.0 Å². The van der Waals surface area contributed by atoms with Gasteiger partial charge in [-0.2, -0.15) is 13.2 Å². The lowest BCUT2D eigenvalue weighted by atomic mass is 10.1. The van der Waals surface area contributed by atoms with E-state index in [9.17, 15) is 18.0 Å². The van der Waals surface area contributed by atoms with Crippen molar-refractivity contribution in [3.05, 3.63) is 78.2 Å². The van der Waals surface area contributed by atoms with Crippen LogP contribution in [0.25, 0.3) is 11.0 Å². The lowest BCUT2D eigenvalue weighted by molar-refractivity contribution is -0.137. The van der Waals surface area contributed by atoms with E-state index in [1.807, 2.05) is 12.3 Å². The summed E-state index contributed by atoms with van der Waals surface area (Å²) in [4.78, 5) is 21.1. The minimum Gasteiger partial charge on any atom is -0.438 e. The number of hydrogen-bond donors (Lipinski definition) is 1. The van der Waals surface area contributed by atoms with E-state index in [4.69, 9.17) is 4.74 Å². The number of carbonyl (C=O) groups is 1. The molecule has 1 saturated carbocycles. The minimum absolute atomic E-state index is 0.0346. The molecule has 1 N–H and O–H groups in total. The highest BCUT2D eigenvalue weighted by atomic mass is 19.4. The molecule has 0 spiro atoms. The number of amides is 1. The molecule has 1 fully saturated rings. The Labute approximate surface area is 206 Å². The van der Waals surface area contributed by atoms with Crippen LogP contribution in [0.2, 0.25) is 0 Å². The molecule has 1 amide bonds. The second kappa shape index (κ2) is 10.0. The third-order valence-corrected chi connectivity index (χ3v) is 6.45. The van der Waals surface area contributed by atoms with Crippen molar-refractivity contribution in [3.63, 3.8) is 0 Å². The zero-order valence-corrected chi connectivity index (χ0v) is 19.5. The van der Waals surface area contributed by atoms with Gasteiger partial charge in [-0.05, 0) is 66.8 Å². The lowest BCUT2D eigenvalue weighted by Gasteiger charge is -2.11. The van der Waals surface area contributed by atoms with Crippen molar-refractivity contribution in [1.82, 2.24) is 14.5 Å². The van der Waals surface area contributed by atoms with Crippen LogP contribution < -0.4 is 10.1 Å². The van der Waals surface area contributed by atoms with Crippen LogP contribution in [0.4, 0.5) is 18.9 Å². The van der Waals surface area contributed by atoms with E-state index < -0.39 is 11.7 Å². The minimum atomic E-state index is -4.40. The van der Waals surface area contributed by atoms with E-state index in [1.165, 1.54) is 44.1 Å². The smallest absolute Gasteiger partial charge is 0.416 e. The first kappa shape index (κ1) is 23.8. The summed E-state index contributed by atoms with van der Waals surface area (Å²) >= 11 is 0. The molecule has 0 saturated heterocycles. The highest BCUT2D eigenvalue weighted by molar-refractivity contribution is 5.92. The van der Waals surface area contributed by atoms with E-state index in [0.717, 1.165) is 29.7 Å². The summed E-state index contributed by atoms with van der Waals surface area (Å²) in [5.74, 6) is 1.37. The summed E-state index contributed by atoms with van der Waals surface area (Å²) in [7, 11) is 0. The SMILES string of the molecule is O=C(Cc1ccc(C(F)(F)F)cc1)Nc1ccc(Oc2ncnc3c2ccn3CC2CCCC2)cc1. The number of ether oxygens (including phenoxy) is 1. The van der Waals surface area contributed by atoms with E-state index in [0.29, 0.717) is 28.8 Å². The number of carbonyl (C=O) groups excluding carboxylic acids is 1. The van der Waals surface area contributed by atoms with E-state index in [-0.39, 0.29) is 12.3 Å². The van der Waals surface area contributed by atoms with Crippen LogP contribution >= 0.6 is 0 Å². The molecule has 4 aromatic rings. The van der Waals surface area contributed by atoms with Crippen LogP contribution in [0.3, 0.4) is 0 Å². The number of anilines is 1. The summed E-state index contributed by atoms with van der Waals surface area (Å²) in [6.45, 7) is 0.945. The van der Waals surface area contributed by atoms with Crippen molar-refractivity contribution in [2.45, 2.75) is 44.8 Å². The fraction of sp³-hybridized carbons (Fsp3) is 0.296. The summed E-state index contributed by atoms with van der Waals surface area (Å²) in [6.07, 6.45) is 4.17. The van der Waals surface area contributed by atoms with Gasteiger partial charge >= 0.3 is 6.18 Å². The van der Waals surface area contributed by atoms with Crippen molar-refractivity contribution in [1.29, 1.82) is 0 Å². The molecule has 5 rings (SSSR count). The highest BCUT2D eigenvalue weighted by Gasteiger charge is 2.30. The van der Waals surface area contributed by atoms with Crippen LogP contribution in [0.5, 0.6) is 11.6 Å². The van der Waals surface area contributed by atoms with Crippen LogP contribution in [0, 0.1) is 5.92 Å². The average Bonchev–Trinajstić information content (AvgIpc) is 3.51. The van der Waals surface area contributed by atoms with Crippen molar-refractivity contribution in [2.24, 2.45) is 5.92 Å². The number of halogens is 3. The monoisotopic (exact) mass is 494 g/mol. The zero-order chi connectivity index (χ0) is 25.1. The summed E-state index contributed by atoms with van der Waals surface area (Å²) in [5.41, 5.74) is 1.15. The maximum atomic E-state index is 12.7. The first-order chi connectivity index (χ1) is 17.3. The van der Waals surface area contributed by atoms with Gasteiger partial charge in [-0.15, -0.1) is 0 Å². The molecule has 0 unspecified atom stereocenters. The first-order valence-corrected chi connectivity index (χ1v) is 11.9. The molecule has 0 aliphatic heterocycles.